The van der Waals surface area contributed by atoms with Gasteiger partial charge in [0.2, 0.25) is 0 Å². The Hall–Kier alpha value is -1.78. The molecule has 0 fully saturated rings. The molecule has 0 spiro atoms. The fraction of sp³-hybridized carbons (Fsp3) is 0.333. The molecule has 0 N–H and O–H groups in total. The van der Waals surface area contributed by atoms with Crippen molar-refractivity contribution in [1.82, 2.24) is 0 Å². The van der Waals surface area contributed by atoms with Crippen molar-refractivity contribution in [3.8, 4) is 11.5 Å². The van der Waals surface area contributed by atoms with E-state index in [0.717, 1.165) is 0 Å². The summed E-state index contributed by atoms with van der Waals surface area (Å²) >= 11 is 0. The van der Waals surface area contributed by atoms with Gasteiger partial charge in [-0.2, -0.15) is 0 Å². The Labute approximate surface area is 135 Å². The zero-order valence-electron chi connectivity index (χ0n) is 14.0. The summed E-state index contributed by atoms with van der Waals surface area (Å²) in [5.41, 5.74) is 9.08. The molecule has 0 aromatic heterocycles. The molecule has 1 aliphatic rings. The monoisotopic (exact) mass is 304 g/mol. The van der Waals surface area contributed by atoms with Gasteiger partial charge in [0, 0.05) is 11.5 Å². The Kier molecular flexibility index (Phi) is 3.97. The van der Waals surface area contributed by atoms with Crippen LogP contribution in [0.5, 0.6) is 0 Å². The summed E-state index contributed by atoms with van der Waals surface area (Å²) in [6.45, 7) is 9.25. The van der Waals surface area contributed by atoms with E-state index in [1.54, 1.807) is 0 Å². The maximum absolute atomic E-state index is 3.48. The number of fused-ring (bicyclic) bond motifs is 1. The second kappa shape index (κ2) is 5.78. The molecule has 0 heterocycles. The lowest BCUT2D eigenvalue weighted by Crippen LogP contribution is -2.16. The van der Waals surface area contributed by atoms with Crippen molar-refractivity contribution in [2.45, 2.75) is 38.9 Å². The third kappa shape index (κ3) is 3.18. The predicted molar refractivity (Wildman–Crippen MR) is 97.8 cm³/mol. The minimum absolute atomic E-state index is 0.518. The molecule has 112 valence electrons. The zero-order valence-corrected chi connectivity index (χ0v) is 15.0. The molecule has 2 aromatic carbocycles. The number of rotatable bonds is 1. The van der Waals surface area contributed by atoms with E-state index >= 15 is 0 Å². The van der Waals surface area contributed by atoms with Crippen LogP contribution in [-0.4, -0.2) is 8.07 Å². The van der Waals surface area contributed by atoms with E-state index in [9.17, 15) is 0 Å². The lowest BCUT2D eigenvalue weighted by molar-refractivity contribution is 0.557. The van der Waals surface area contributed by atoms with Gasteiger partial charge in [-0.1, -0.05) is 68.9 Å². The van der Waals surface area contributed by atoms with Crippen LogP contribution in [0.3, 0.4) is 0 Å². The highest BCUT2D eigenvalue weighted by atomic mass is 28.3. The molecular formula is C21H24Si. The van der Waals surface area contributed by atoms with Crippen LogP contribution >= 0.6 is 0 Å². The van der Waals surface area contributed by atoms with Gasteiger partial charge in [-0.3, -0.25) is 0 Å². The number of hydrogen-bond acceptors (Lipinski definition) is 0. The van der Waals surface area contributed by atoms with Crippen LogP contribution < -0.4 is 0 Å². The van der Waals surface area contributed by atoms with E-state index < -0.39 is 8.07 Å². The van der Waals surface area contributed by atoms with E-state index in [1.807, 2.05) is 0 Å². The Morgan fingerprint density at radius 3 is 2.41 bits per heavy atom. The van der Waals surface area contributed by atoms with E-state index in [0.29, 0.717) is 11.8 Å². The zero-order chi connectivity index (χ0) is 15.7. The largest absolute Gasteiger partial charge is 0.129 e. The summed E-state index contributed by atoms with van der Waals surface area (Å²) in [7, 11) is -1.32. The summed E-state index contributed by atoms with van der Waals surface area (Å²) in [5, 5.41) is 0. The van der Waals surface area contributed by atoms with Crippen molar-refractivity contribution in [1.29, 1.82) is 0 Å². The molecule has 0 radical (unpaired) electrons. The van der Waals surface area contributed by atoms with Crippen molar-refractivity contribution >= 4 is 8.07 Å². The first-order valence-electron chi connectivity index (χ1n) is 8.15. The standard InChI is InChI=1S/C21H24Si/c1-16-14-19-11-10-17(12-13-22(2,3)4)15-20(19)21(16)18-8-6-5-7-9-18/h5-11,15-16,21H,14H2,1-4H3/t16-,21-/m0/s1. The molecule has 0 nitrogen and oxygen atoms in total. The SMILES string of the molecule is C[C@H]1Cc2ccc(C#C[Si](C)(C)C)cc2[C@@H]1c1ccccc1. The highest BCUT2D eigenvalue weighted by Gasteiger charge is 2.30. The minimum atomic E-state index is -1.32. The first-order valence-corrected chi connectivity index (χ1v) is 11.6. The third-order valence-corrected chi connectivity index (χ3v) is 5.21. The molecule has 2 aromatic rings. The van der Waals surface area contributed by atoms with Crippen molar-refractivity contribution in [2.24, 2.45) is 5.92 Å². The van der Waals surface area contributed by atoms with Gasteiger partial charge in [0.25, 0.3) is 0 Å². The third-order valence-electron chi connectivity index (χ3n) is 4.33. The Balaban J connectivity index is 2.01. The molecule has 0 amide bonds. The summed E-state index contributed by atoms with van der Waals surface area (Å²) in [6.07, 6.45) is 1.18. The van der Waals surface area contributed by atoms with Gasteiger partial charge in [-0.15, -0.1) is 5.54 Å². The second-order valence-electron chi connectivity index (χ2n) is 7.48. The molecule has 1 heteroatoms. The molecule has 22 heavy (non-hydrogen) atoms. The number of hydrogen-bond donors (Lipinski definition) is 0. The topological polar surface area (TPSA) is 0 Å². The second-order valence-corrected chi connectivity index (χ2v) is 12.2. The fourth-order valence-corrected chi connectivity index (χ4v) is 3.87. The average molecular weight is 305 g/mol. The summed E-state index contributed by atoms with van der Waals surface area (Å²) < 4.78 is 0. The Morgan fingerprint density at radius 1 is 1.00 bits per heavy atom. The average Bonchev–Trinajstić information content (AvgIpc) is 2.80. The van der Waals surface area contributed by atoms with Gasteiger partial charge < -0.3 is 0 Å². The summed E-state index contributed by atoms with van der Waals surface area (Å²) in [5.74, 6) is 4.60. The van der Waals surface area contributed by atoms with Gasteiger partial charge in [0.1, 0.15) is 8.07 Å². The van der Waals surface area contributed by atoms with Gasteiger partial charge in [-0.05, 0) is 41.2 Å². The minimum Gasteiger partial charge on any atom is -0.127 e. The normalized spacial score (nSPS) is 20.2. The Morgan fingerprint density at radius 2 is 1.73 bits per heavy atom. The van der Waals surface area contributed by atoms with Crippen molar-refractivity contribution in [3.63, 3.8) is 0 Å². The maximum atomic E-state index is 3.48. The van der Waals surface area contributed by atoms with Crippen LogP contribution in [0.1, 0.15) is 35.1 Å². The van der Waals surface area contributed by atoms with Crippen LogP contribution in [0.25, 0.3) is 0 Å². The Bertz CT molecular complexity index is 726. The van der Waals surface area contributed by atoms with E-state index in [4.69, 9.17) is 0 Å². The van der Waals surface area contributed by atoms with Crippen LogP contribution in [0.15, 0.2) is 48.5 Å². The van der Waals surface area contributed by atoms with Crippen LogP contribution in [0.4, 0.5) is 0 Å². The van der Waals surface area contributed by atoms with Crippen molar-refractivity contribution in [2.75, 3.05) is 0 Å². The van der Waals surface area contributed by atoms with Crippen molar-refractivity contribution < 1.29 is 0 Å². The van der Waals surface area contributed by atoms with E-state index in [-0.39, 0.29) is 0 Å². The van der Waals surface area contributed by atoms with E-state index in [1.165, 1.54) is 28.7 Å². The molecule has 3 rings (SSSR count). The maximum Gasteiger partial charge on any atom is 0.129 e. The molecule has 0 saturated heterocycles. The number of benzene rings is 2. The molecule has 2 atom stereocenters. The molecule has 0 unspecified atom stereocenters. The van der Waals surface area contributed by atoms with Crippen LogP contribution in [0.2, 0.25) is 19.6 Å². The van der Waals surface area contributed by atoms with Crippen molar-refractivity contribution in [3.05, 3.63) is 70.8 Å². The van der Waals surface area contributed by atoms with Gasteiger partial charge in [-0.25, -0.2) is 0 Å². The summed E-state index contributed by atoms with van der Waals surface area (Å²) in [6, 6.07) is 17.7. The fourth-order valence-electron chi connectivity index (χ4n) is 3.35. The molecule has 0 saturated carbocycles. The van der Waals surface area contributed by atoms with E-state index in [2.05, 4.69) is 86.6 Å². The molecule has 0 bridgehead atoms. The first kappa shape index (κ1) is 15.1. The molecular weight excluding hydrogens is 280 g/mol. The lowest BCUT2D eigenvalue weighted by atomic mass is 9.87. The highest BCUT2D eigenvalue weighted by molar-refractivity contribution is 6.83. The highest BCUT2D eigenvalue weighted by Crippen LogP contribution is 2.42. The van der Waals surface area contributed by atoms with Gasteiger partial charge in [0.15, 0.2) is 0 Å². The van der Waals surface area contributed by atoms with Gasteiger partial charge >= 0.3 is 0 Å². The smallest absolute Gasteiger partial charge is 0.127 e. The quantitative estimate of drug-likeness (QED) is 0.499. The molecule has 0 aliphatic heterocycles. The van der Waals surface area contributed by atoms with Crippen LogP contribution in [-0.2, 0) is 6.42 Å². The first-order chi connectivity index (χ1) is 10.4. The van der Waals surface area contributed by atoms with Gasteiger partial charge in [0.05, 0.1) is 0 Å². The summed E-state index contributed by atoms with van der Waals surface area (Å²) in [4.78, 5) is 0. The lowest BCUT2D eigenvalue weighted by Gasteiger charge is -2.17. The predicted octanol–water partition coefficient (Wildman–Crippen LogP) is 5.24. The molecule has 1 aliphatic carbocycles. The van der Waals surface area contributed by atoms with Crippen LogP contribution in [0, 0.1) is 17.4 Å².